The summed E-state index contributed by atoms with van der Waals surface area (Å²) < 4.78 is 0. The summed E-state index contributed by atoms with van der Waals surface area (Å²) in [7, 11) is 0. The van der Waals surface area contributed by atoms with Crippen molar-refractivity contribution in [3.05, 3.63) is 0 Å². The molecule has 0 saturated heterocycles. The number of amidine groups is 1. The zero-order valence-electron chi connectivity index (χ0n) is 9.91. The standard InChI is InChI=1S/C13H24N2/c1-10-6-7-11(8-10)9-15-13(14)12-4-2-3-5-12/h10-12H,2-9H2,1H3,(H2,14,15). The van der Waals surface area contributed by atoms with Gasteiger partial charge in [0.1, 0.15) is 0 Å². The average Bonchev–Trinajstić information content (AvgIpc) is 2.84. The normalized spacial score (nSPS) is 33.8. The van der Waals surface area contributed by atoms with Crippen LogP contribution in [-0.4, -0.2) is 12.4 Å². The van der Waals surface area contributed by atoms with Crippen LogP contribution in [0.4, 0.5) is 0 Å². The number of aliphatic imine (C=N–C) groups is 1. The van der Waals surface area contributed by atoms with Gasteiger partial charge in [0.05, 0.1) is 5.84 Å². The molecule has 86 valence electrons. The van der Waals surface area contributed by atoms with Crippen molar-refractivity contribution in [2.45, 2.75) is 51.9 Å². The number of hydrogen-bond donors (Lipinski definition) is 1. The fourth-order valence-electron chi connectivity index (χ4n) is 3.08. The Bertz CT molecular complexity index is 229. The number of hydrogen-bond acceptors (Lipinski definition) is 1. The highest BCUT2D eigenvalue weighted by Crippen LogP contribution is 2.31. The molecule has 0 aromatic heterocycles. The molecule has 2 saturated carbocycles. The minimum atomic E-state index is 0.615. The molecular weight excluding hydrogens is 184 g/mol. The van der Waals surface area contributed by atoms with Crippen LogP contribution in [0.25, 0.3) is 0 Å². The Balaban J connectivity index is 1.77. The molecule has 2 atom stereocenters. The van der Waals surface area contributed by atoms with E-state index in [0.29, 0.717) is 5.92 Å². The van der Waals surface area contributed by atoms with Gasteiger partial charge in [-0.15, -0.1) is 0 Å². The van der Waals surface area contributed by atoms with E-state index in [2.05, 4.69) is 11.9 Å². The highest BCUT2D eigenvalue weighted by molar-refractivity contribution is 5.83. The first-order valence-corrected chi connectivity index (χ1v) is 6.55. The quantitative estimate of drug-likeness (QED) is 0.562. The Kier molecular flexibility index (Phi) is 3.66. The van der Waals surface area contributed by atoms with Crippen molar-refractivity contribution in [1.82, 2.24) is 0 Å². The van der Waals surface area contributed by atoms with Crippen molar-refractivity contribution in [3.63, 3.8) is 0 Å². The lowest BCUT2D eigenvalue weighted by Crippen LogP contribution is -2.22. The minimum absolute atomic E-state index is 0.615. The first-order valence-electron chi connectivity index (χ1n) is 6.55. The molecule has 2 fully saturated rings. The van der Waals surface area contributed by atoms with Gasteiger partial charge in [-0.1, -0.05) is 26.2 Å². The van der Waals surface area contributed by atoms with E-state index in [1.807, 2.05) is 0 Å². The highest BCUT2D eigenvalue weighted by atomic mass is 14.9. The van der Waals surface area contributed by atoms with Crippen LogP contribution in [0.3, 0.4) is 0 Å². The molecule has 2 rings (SSSR count). The fourth-order valence-corrected chi connectivity index (χ4v) is 3.08. The van der Waals surface area contributed by atoms with E-state index < -0.39 is 0 Å². The lowest BCUT2D eigenvalue weighted by Gasteiger charge is -2.10. The molecule has 0 radical (unpaired) electrons. The Hall–Kier alpha value is -0.530. The van der Waals surface area contributed by atoms with Gasteiger partial charge in [-0.3, -0.25) is 4.99 Å². The first kappa shape index (κ1) is 11.0. The van der Waals surface area contributed by atoms with Crippen molar-refractivity contribution in [2.24, 2.45) is 28.5 Å². The van der Waals surface area contributed by atoms with Crippen LogP contribution in [0, 0.1) is 17.8 Å². The molecule has 2 unspecified atom stereocenters. The summed E-state index contributed by atoms with van der Waals surface area (Å²) in [5.41, 5.74) is 6.04. The Morgan fingerprint density at radius 1 is 1.20 bits per heavy atom. The van der Waals surface area contributed by atoms with Crippen LogP contribution in [-0.2, 0) is 0 Å². The van der Waals surface area contributed by atoms with Gasteiger partial charge in [0.2, 0.25) is 0 Å². The molecule has 0 aromatic carbocycles. The van der Waals surface area contributed by atoms with Crippen molar-refractivity contribution in [1.29, 1.82) is 0 Å². The second-order valence-electron chi connectivity index (χ2n) is 5.53. The predicted molar refractivity (Wildman–Crippen MR) is 65.0 cm³/mol. The van der Waals surface area contributed by atoms with E-state index >= 15 is 0 Å². The maximum absolute atomic E-state index is 6.04. The Labute approximate surface area is 93.3 Å². The summed E-state index contributed by atoms with van der Waals surface area (Å²) in [4.78, 5) is 4.62. The van der Waals surface area contributed by atoms with Gasteiger partial charge in [0, 0.05) is 12.5 Å². The highest BCUT2D eigenvalue weighted by Gasteiger charge is 2.22. The van der Waals surface area contributed by atoms with Gasteiger partial charge < -0.3 is 5.73 Å². The topological polar surface area (TPSA) is 38.4 Å². The lowest BCUT2D eigenvalue weighted by atomic mass is 10.1. The molecule has 2 nitrogen and oxygen atoms in total. The molecule has 0 aromatic rings. The molecule has 2 aliphatic rings. The molecule has 0 aliphatic heterocycles. The molecule has 0 spiro atoms. The van der Waals surface area contributed by atoms with Gasteiger partial charge in [0.25, 0.3) is 0 Å². The summed E-state index contributed by atoms with van der Waals surface area (Å²) in [5, 5.41) is 0. The lowest BCUT2D eigenvalue weighted by molar-refractivity contribution is 0.524. The third-order valence-corrected chi connectivity index (χ3v) is 4.11. The molecule has 2 heteroatoms. The van der Waals surface area contributed by atoms with Crippen LogP contribution in [0.2, 0.25) is 0 Å². The zero-order valence-corrected chi connectivity index (χ0v) is 9.91. The fraction of sp³-hybridized carbons (Fsp3) is 0.923. The summed E-state index contributed by atoms with van der Waals surface area (Å²) in [6.45, 7) is 3.34. The van der Waals surface area contributed by atoms with Crippen LogP contribution >= 0.6 is 0 Å². The number of rotatable bonds is 3. The van der Waals surface area contributed by atoms with E-state index in [4.69, 9.17) is 5.73 Å². The van der Waals surface area contributed by atoms with Crippen molar-refractivity contribution in [3.8, 4) is 0 Å². The van der Waals surface area contributed by atoms with Crippen LogP contribution in [0.15, 0.2) is 4.99 Å². The monoisotopic (exact) mass is 208 g/mol. The van der Waals surface area contributed by atoms with Crippen LogP contribution in [0.5, 0.6) is 0 Å². The molecule has 0 amide bonds. The first-order chi connectivity index (χ1) is 7.25. The summed E-state index contributed by atoms with van der Waals surface area (Å²) in [6, 6.07) is 0. The SMILES string of the molecule is CC1CCC(CN=C(N)C2CCCC2)C1. The van der Waals surface area contributed by atoms with Crippen LogP contribution in [0.1, 0.15) is 51.9 Å². The molecule has 2 N–H and O–H groups in total. The second-order valence-corrected chi connectivity index (χ2v) is 5.53. The largest absolute Gasteiger partial charge is 0.387 e. The summed E-state index contributed by atoms with van der Waals surface area (Å²) in [5.74, 6) is 3.30. The van der Waals surface area contributed by atoms with E-state index in [1.165, 1.54) is 44.9 Å². The van der Waals surface area contributed by atoms with Gasteiger partial charge in [-0.2, -0.15) is 0 Å². The number of nitrogens with zero attached hydrogens (tertiary/aromatic N) is 1. The Morgan fingerprint density at radius 3 is 2.53 bits per heavy atom. The van der Waals surface area contributed by atoms with Crippen molar-refractivity contribution < 1.29 is 0 Å². The third kappa shape index (κ3) is 2.96. The third-order valence-electron chi connectivity index (χ3n) is 4.11. The molecule has 0 bridgehead atoms. The van der Waals surface area contributed by atoms with Crippen molar-refractivity contribution >= 4 is 5.84 Å². The zero-order chi connectivity index (χ0) is 10.7. The van der Waals surface area contributed by atoms with Crippen LogP contribution < -0.4 is 5.73 Å². The molecule has 15 heavy (non-hydrogen) atoms. The van der Waals surface area contributed by atoms with Crippen molar-refractivity contribution in [2.75, 3.05) is 6.54 Å². The van der Waals surface area contributed by atoms with E-state index in [9.17, 15) is 0 Å². The van der Waals surface area contributed by atoms with Gasteiger partial charge in [-0.25, -0.2) is 0 Å². The second kappa shape index (κ2) is 5.00. The van der Waals surface area contributed by atoms with Gasteiger partial charge in [-0.05, 0) is 37.5 Å². The molecule has 0 heterocycles. The van der Waals surface area contributed by atoms with E-state index in [0.717, 1.165) is 24.2 Å². The maximum atomic E-state index is 6.04. The molecule has 2 aliphatic carbocycles. The predicted octanol–water partition coefficient (Wildman–Crippen LogP) is 2.97. The minimum Gasteiger partial charge on any atom is -0.387 e. The molecular formula is C13H24N2. The smallest absolute Gasteiger partial charge is 0.0968 e. The Morgan fingerprint density at radius 2 is 1.93 bits per heavy atom. The maximum Gasteiger partial charge on any atom is 0.0968 e. The summed E-state index contributed by atoms with van der Waals surface area (Å²) >= 11 is 0. The summed E-state index contributed by atoms with van der Waals surface area (Å²) in [6.07, 6.45) is 9.36. The van der Waals surface area contributed by atoms with E-state index in [-0.39, 0.29) is 0 Å². The number of nitrogens with two attached hydrogens (primary N) is 1. The van der Waals surface area contributed by atoms with E-state index in [1.54, 1.807) is 0 Å². The van der Waals surface area contributed by atoms with Gasteiger partial charge >= 0.3 is 0 Å². The van der Waals surface area contributed by atoms with Gasteiger partial charge in [0.15, 0.2) is 0 Å². The average molecular weight is 208 g/mol.